The van der Waals surface area contributed by atoms with Crippen LogP contribution in [0.2, 0.25) is 0 Å². The third-order valence-electron chi connectivity index (χ3n) is 2.66. The van der Waals surface area contributed by atoms with Gasteiger partial charge < -0.3 is 9.67 Å². The van der Waals surface area contributed by atoms with Crippen molar-refractivity contribution in [3.05, 3.63) is 47.8 Å². The van der Waals surface area contributed by atoms with Crippen LogP contribution in [0.15, 0.2) is 30.6 Å². The lowest BCUT2D eigenvalue weighted by molar-refractivity contribution is 0.0692. The number of hydrogen-bond donors (Lipinski definition) is 1. The first-order valence-electron chi connectivity index (χ1n) is 5.69. The van der Waals surface area contributed by atoms with E-state index in [1.54, 1.807) is 23.0 Å². The molecule has 2 rings (SSSR count). The zero-order valence-corrected chi connectivity index (χ0v) is 9.93. The summed E-state index contributed by atoms with van der Waals surface area (Å²) in [5.74, 6) is -1.29. The number of aryl methyl sites for hydroxylation is 1. The van der Waals surface area contributed by atoms with Gasteiger partial charge in [0.05, 0.1) is 5.69 Å². The molecule has 18 heavy (non-hydrogen) atoms. The molecule has 2 aromatic rings. The van der Waals surface area contributed by atoms with Crippen LogP contribution in [0.1, 0.15) is 29.5 Å². The molecule has 0 aliphatic carbocycles. The van der Waals surface area contributed by atoms with E-state index in [1.807, 2.05) is 6.92 Å². The maximum absolute atomic E-state index is 13.6. The van der Waals surface area contributed by atoms with Crippen molar-refractivity contribution in [1.29, 1.82) is 0 Å². The van der Waals surface area contributed by atoms with Gasteiger partial charge in [-0.2, -0.15) is 0 Å². The standard InChI is InChI=1S/C13H13FN2O2/c1-2-4-11-15-7-8-16(11)10-6-3-5-9(14)12(10)13(17)18/h3,5-8H,2,4H2,1H3,(H,17,18). The van der Waals surface area contributed by atoms with Crippen LogP contribution in [-0.4, -0.2) is 20.6 Å². The molecule has 1 aromatic heterocycles. The van der Waals surface area contributed by atoms with Crippen LogP contribution < -0.4 is 0 Å². The van der Waals surface area contributed by atoms with Gasteiger partial charge in [0.25, 0.3) is 0 Å². The second kappa shape index (κ2) is 5.00. The maximum Gasteiger partial charge on any atom is 0.340 e. The van der Waals surface area contributed by atoms with Crippen molar-refractivity contribution >= 4 is 5.97 Å². The third kappa shape index (κ3) is 2.11. The normalized spacial score (nSPS) is 10.6. The summed E-state index contributed by atoms with van der Waals surface area (Å²) in [6.07, 6.45) is 4.82. The maximum atomic E-state index is 13.6. The van der Waals surface area contributed by atoms with Gasteiger partial charge in [-0.25, -0.2) is 14.2 Å². The predicted octanol–water partition coefficient (Wildman–Crippen LogP) is 2.66. The molecule has 1 N–H and O–H groups in total. The van der Waals surface area contributed by atoms with Crippen molar-refractivity contribution in [2.45, 2.75) is 19.8 Å². The largest absolute Gasteiger partial charge is 0.478 e. The zero-order valence-electron chi connectivity index (χ0n) is 9.93. The van der Waals surface area contributed by atoms with Gasteiger partial charge >= 0.3 is 5.97 Å². The molecule has 0 saturated carbocycles. The van der Waals surface area contributed by atoms with Gasteiger partial charge in [0.15, 0.2) is 0 Å². The zero-order chi connectivity index (χ0) is 13.1. The van der Waals surface area contributed by atoms with Gasteiger partial charge in [-0.15, -0.1) is 0 Å². The van der Waals surface area contributed by atoms with E-state index < -0.39 is 11.8 Å². The molecule has 1 heterocycles. The number of rotatable bonds is 4. The smallest absolute Gasteiger partial charge is 0.340 e. The van der Waals surface area contributed by atoms with Crippen LogP contribution >= 0.6 is 0 Å². The fraction of sp³-hybridized carbons (Fsp3) is 0.231. The summed E-state index contributed by atoms with van der Waals surface area (Å²) >= 11 is 0. The fourth-order valence-corrected chi connectivity index (χ4v) is 1.89. The highest BCUT2D eigenvalue weighted by Gasteiger charge is 2.18. The second-order valence-electron chi connectivity index (χ2n) is 3.90. The quantitative estimate of drug-likeness (QED) is 0.905. The Morgan fingerprint density at radius 2 is 2.28 bits per heavy atom. The topological polar surface area (TPSA) is 55.1 Å². The summed E-state index contributed by atoms with van der Waals surface area (Å²) in [4.78, 5) is 15.3. The second-order valence-corrected chi connectivity index (χ2v) is 3.90. The minimum absolute atomic E-state index is 0.309. The summed E-state index contributed by atoms with van der Waals surface area (Å²) < 4.78 is 15.2. The Kier molecular flexibility index (Phi) is 3.41. The molecule has 0 aliphatic heterocycles. The van der Waals surface area contributed by atoms with Crippen LogP contribution in [0, 0.1) is 5.82 Å². The van der Waals surface area contributed by atoms with Crippen LogP contribution in [0.4, 0.5) is 4.39 Å². The van der Waals surface area contributed by atoms with E-state index in [2.05, 4.69) is 4.98 Å². The molecule has 4 nitrogen and oxygen atoms in total. The number of carboxylic acids is 1. The van der Waals surface area contributed by atoms with Gasteiger partial charge in [0, 0.05) is 18.8 Å². The van der Waals surface area contributed by atoms with Crippen molar-refractivity contribution in [2.24, 2.45) is 0 Å². The van der Waals surface area contributed by atoms with Crippen molar-refractivity contribution in [1.82, 2.24) is 9.55 Å². The lowest BCUT2D eigenvalue weighted by atomic mass is 10.1. The number of nitrogens with zero attached hydrogens (tertiary/aromatic N) is 2. The summed E-state index contributed by atoms with van der Waals surface area (Å²) in [5, 5.41) is 9.09. The van der Waals surface area contributed by atoms with Crippen molar-refractivity contribution in [2.75, 3.05) is 0 Å². The first kappa shape index (κ1) is 12.3. The minimum Gasteiger partial charge on any atom is -0.478 e. The highest BCUT2D eigenvalue weighted by Crippen LogP contribution is 2.20. The predicted molar refractivity (Wildman–Crippen MR) is 64.5 cm³/mol. The molecular formula is C13H13FN2O2. The van der Waals surface area contributed by atoms with Gasteiger partial charge in [0.1, 0.15) is 17.2 Å². The molecule has 0 spiro atoms. The number of carbonyl (C=O) groups is 1. The van der Waals surface area contributed by atoms with E-state index in [1.165, 1.54) is 6.07 Å². The molecule has 0 atom stereocenters. The van der Waals surface area contributed by atoms with Crippen LogP contribution in [0.5, 0.6) is 0 Å². The number of halogens is 1. The van der Waals surface area contributed by atoms with Crippen LogP contribution in [0.3, 0.4) is 0 Å². The summed E-state index contributed by atoms with van der Waals surface area (Å²) in [7, 11) is 0. The monoisotopic (exact) mass is 248 g/mol. The number of carboxylic acid groups (broad SMARTS) is 1. The summed E-state index contributed by atoms with van der Waals surface area (Å²) in [6, 6.07) is 4.21. The Morgan fingerprint density at radius 1 is 1.50 bits per heavy atom. The third-order valence-corrected chi connectivity index (χ3v) is 2.66. The van der Waals surface area contributed by atoms with E-state index in [9.17, 15) is 9.18 Å². The first-order valence-corrected chi connectivity index (χ1v) is 5.69. The molecule has 0 radical (unpaired) electrons. The Hall–Kier alpha value is -2.17. The molecule has 0 fully saturated rings. The van der Waals surface area contributed by atoms with E-state index in [0.717, 1.165) is 18.3 Å². The average Bonchev–Trinajstić information content (AvgIpc) is 2.76. The molecule has 0 unspecified atom stereocenters. The lowest BCUT2D eigenvalue weighted by Gasteiger charge is -2.10. The molecule has 1 aromatic carbocycles. The van der Waals surface area contributed by atoms with E-state index in [-0.39, 0.29) is 5.56 Å². The van der Waals surface area contributed by atoms with Crippen LogP contribution in [0.25, 0.3) is 5.69 Å². The average molecular weight is 248 g/mol. The Bertz CT molecular complexity index is 578. The molecular weight excluding hydrogens is 235 g/mol. The number of hydrogen-bond acceptors (Lipinski definition) is 2. The highest BCUT2D eigenvalue weighted by atomic mass is 19.1. The van der Waals surface area contributed by atoms with E-state index in [4.69, 9.17) is 5.11 Å². The Labute approximate surface area is 104 Å². The Morgan fingerprint density at radius 3 is 2.94 bits per heavy atom. The fourth-order valence-electron chi connectivity index (χ4n) is 1.89. The number of aromatic nitrogens is 2. The molecule has 0 bridgehead atoms. The van der Waals surface area contributed by atoms with Gasteiger partial charge in [-0.05, 0) is 18.6 Å². The highest BCUT2D eigenvalue weighted by molar-refractivity contribution is 5.92. The Balaban J connectivity index is 2.60. The summed E-state index contributed by atoms with van der Waals surface area (Å²) in [6.45, 7) is 2.00. The minimum atomic E-state index is -1.28. The van der Waals surface area contributed by atoms with Crippen molar-refractivity contribution in [3.8, 4) is 5.69 Å². The van der Waals surface area contributed by atoms with Gasteiger partial charge in [0.2, 0.25) is 0 Å². The number of aromatic carboxylic acids is 1. The summed E-state index contributed by atoms with van der Waals surface area (Å²) in [5.41, 5.74) is -0.0173. The van der Waals surface area contributed by atoms with E-state index in [0.29, 0.717) is 12.1 Å². The molecule has 0 amide bonds. The molecule has 94 valence electrons. The molecule has 5 heteroatoms. The van der Waals surface area contributed by atoms with E-state index >= 15 is 0 Å². The van der Waals surface area contributed by atoms with Crippen LogP contribution in [-0.2, 0) is 6.42 Å². The first-order chi connectivity index (χ1) is 8.65. The van der Waals surface area contributed by atoms with Crippen molar-refractivity contribution in [3.63, 3.8) is 0 Å². The molecule has 0 saturated heterocycles. The van der Waals surface area contributed by atoms with Gasteiger partial charge in [-0.1, -0.05) is 13.0 Å². The van der Waals surface area contributed by atoms with Crippen molar-refractivity contribution < 1.29 is 14.3 Å². The number of benzene rings is 1. The lowest BCUT2D eigenvalue weighted by Crippen LogP contribution is -2.10. The number of imidazole rings is 1. The molecule has 0 aliphatic rings. The SMILES string of the molecule is CCCc1nccn1-c1cccc(F)c1C(=O)O. The van der Waals surface area contributed by atoms with Gasteiger partial charge in [-0.3, -0.25) is 0 Å².